The lowest BCUT2D eigenvalue weighted by atomic mass is 9.79. The van der Waals surface area contributed by atoms with Crippen molar-refractivity contribution in [3.8, 4) is 0 Å². The fourth-order valence-electron chi connectivity index (χ4n) is 3.66. The van der Waals surface area contributed by atoms with E-state index in [0.29, 0.717) is 12.1 Å². The molecule has 2 aliphatic rings. The Labute approximate surface area is 113 Å². The van der Waals surface area contributed by atoms with Crippen LogP contribution in [0.1, 0.15) is 65.2 Å². The van der Waals surface area contributed by atoms with E-state index in [0.717, 1.165) is 11.8 Å². The first-order valence-electron chi connectivity index (χ1n) is 8.24. The quantitative estimate of drug-likeness (QED) is 0.752. The third-order valence-corrected chi connectivity index (χ3v) is 4.84. The lowest BCUT2D eigenvalue weighted by molar-refractivity contribution is 0.103. The summed E-state index contributed by atoms with van der Waals surface area (Å²) in [5, 5.41) is 0. The minimum atomic E-state index is 0.434. The van der Waals surface area contributed by atoms with Gasteiger partial charge in [-0.25, -0.2) is 0 Å². The van der Waals surface area contributed by atoms with Gasteiger partial charge in [0.15, 0.2) is 0 Å². The van der Waals surface area contributed by atoms with Gasteiger partial charge in [-0.1, -0.05) is 26.7 Å². The van der Waals surface area contributed by atoms with Gasteiger partial charge in [0, 0.05) is 18.6 Å². The van der Waals surface area contributed by atoms with Gasteiger partial charge in [0.25, 0.3) is 0 Å². The number of nitrogens with zero attached hydrogens (tertiary/aromatic N) is 1. The van der Waals surface area contributed by atoms with Crippen molar-refractivity contribution in [3.05, 3.63) is 0 Å². The molecule has 2 nitrogen and oxygen atoms in total. The predicted octanol–water partition coefficient (Wildman–Crippen LogP) is 3.40. The molecule has 0 spiro atoms. The Bertz CT molecular complexity index is 237. The molecule has 0 amide bonds. The molecule has 2 N–H and O–H groups in total. The Kier molecular flexibility index (Phi) is 5.50. The SMILES string of the molecule is CCCC1CCC(N)C(N(CCC)CC2CC2)C1. The van der Waals surface area contributed by atoms with Gasteiger partial charge in [0.1, 0.15) is 0 Å². The summed E-state index contributed by atoms with van der Waals surface area (Å²) in [4.78, 5) is 2.74. The van der Waals surface area contributed by atoms with Crippen LogP contribution in [0, 0.1) is 11.8 Å². The second-order valence-corrected chi connectivity index (χ2v) is 6.64. The summed E-state index contributed by atoms with van der Waals surface area (Å²) in [5.41, 5.74) is 6.42. The van der Waals surface area contributed by atoms with Crippen LogP contribution in [0.5, 0.6) is 0 Å². The van der Waals surface area contributed by atoms with Crippen LogP contribution in [0.3, 0.4) is 0 Å². The van der Waals surface area contributed by atoms with Gasteiger partial charge in [-0.2, -0.15) is 0 Å². The Morgan fingerprint density at radius 3 is 2.33 bits per heavy atom. The second kappa shape index (κ2) is 6.91. The summed E-state index contributed by atoms with van der Waals surface area (Å²) in [6.07, 6.45) is 10.9. The highest BCUT2D eigenvalue weighted by atomic mass is 15.2. The third-order valence-electron chi connectivity index (χ3n) is 4.84. The van der Waals surface area contributed by atoms with Crippen LogP contribution >= 0.6 is 0 Å². The van der Waals surface area contributed by atoms with E-state index in [9.17, 15) is 0 Å². The van der Waals surface area contributed by atoms with Gasteiger partial charge in [-0.3, -0.25) is 4.90 Å². The number of hydrogen-bond donors (Lipinski definition) is 1. The van der Waals surface area contributed by atoms with E-state index in [2.05, 4.69) is 18.7 Å². The Hall–Kier alpha value is -0.0800. The minimum absolute atomic E-state index is 0.434. The molecule has 2 heteroatoms. The van der Waals surface area contributed by atoms with Crippen LogP contribution in [-0.2, 0) is 0 Å². The van der Waals surface area contributed by atoms with Gasteiger partial charge >= 0.3 is 0 Å². The van der Waals surface area contributed by atoms with Crippen molar-refractivity contribution < 1.29 is 0 Å². The Morgan fingerprint density at radius 1 is 1.00 bits per heavy atom. The van der Waals surface area contributed by atoms with Crippen LogP contribution in [0.25, 0.3) is 0 Å². The van der Waals surface area contributed by atoms with Crippen LogP contribution in [0.15, 0.2) is 0 Å². The second-order valence-electron chi connectivity index (χ2n) is 6.64. The molecule has 0 aromatic heterocycles. The van der Waals surface area contributed by atoms with Crippen LogP contribution in [-0.4, -0.2) is 30.1 Å². The van der Waals surface area contributed by atoms with Gasteiger partial charge in [-0.15, -0.1) is 0 Å². The van der Waals surface area contributed by atoms with Gasteiger partial charge in [0.05, 0.1) is 0 Å². The summed E-state index contributed by atoms with van der Waals surface area (Å²) in [5.74, 6) is 1.94. The normalized spacial score (nSPS) is 33.0. The van der Waals surface area contributed by atoms with Gasteiger partial charge in [-0.05, 0) is 56.9 Å². The molecule has 3 unspecified atom stereocenters. The lowest BCUT2D eigenvalue weighted by Gasteiger charge is -2.41. The van der Waals surface area contributed by atoms with Crippen molar-refractivity contribution in [1.82, 2.24) is 4.90 Å². The summed E-state index contributed by atoms with van der Waals surface area (Å²) in [6.45, 7) is 7.20. The van der Waals surface area contributed by atoms with E-state index in [-0.39, 0.29) is 0 Å². The van der Waals surface area contributed by atoms with E-state index in [1.807, 2.05) is 0 Å². The summed E-state index contributed by atoms with van der Waals surface area (Å²) in [7, 11) is 0. The van der Waals surface area contributed by atoms with Crippen molar-refractivity contribution in [3.63, 3.8) is 0 Å². The first kappa shape index (κ1) is 14.3. The molecule has 106 valence electrons. The van der Waals surface area contributed by atoms with Crippen molar-refractivity contribution >= 4 is 0 Å². The average Bonchev–Trinajstić information content (AvgIpc) is 3.15. The lowest BCUT2D eigenvalue weighted by Crippen LogP contribution is -2.52. The van der Waals surface area contributed by atoms with Crippen molar-refractivity contribution in [2.24, 2.45) is 17.6 Å². The predicted molar refractivity (Wildman–Crippen MR) is 78.6 cm³/mol. The number of hydrogen-bond acceptors (Lipinski definition) is 2. The smallest absolute Gasteiger partial charge is 0.0249 e. The zero-order valence-corrected chi connectivity index (χ0v) is 12.4. The first-order chi connectivity index (χ1) is 8.74. The Balaban J connectivity index is 1.91. The van der Waals surface area contributed by atoms with E-state index >= 15 is 0 Å². The summed E-state index contributed by atoms with van der Waals surface area (Å²) >= 11 is 0. The maximum atomic E-state index is 6.42. The molecule has 0 aromatic carbocycles. The average molecular weight is 252 g/mol. The molecule has 0 aliphatic heterocycles. The van der Waals surface area contributed by atoms with E-state index in [4.69, 9.17) is 5.73 Å². The highest BCUT2D eigenvalue weighted by Gasteiger charge is 2.34. The topological polar surface area (TPSA) is 29.3 Å². The summed E-state index contributed by atoms with van der Waals surface area (Å²) < 4.78 is 0. The van der Waals surface area contributed by atoms with Crippen LogP contribution in [0.2, 0.25) is 0 Å². The van der Waals surface area contributed by atoms with E-state index in [1.165, 1.54) is 64.5 Å². The molecule has 2 aliphatic carbocycles. The molecule has 0 aromatic rings. The van der Waals surface area contributed by atoms with Gasteiger partial charge < -0.3 is 5.73 Å². The molecule has 2 fully saturated rings. The van der Waals surface area contributed by atoms with Crippen LogP contribution < -0.4 is 5.73 Å². The molecule has 0 bridgehead atoms. The number of nitrogens with two attached hydrogens (primary N) is 1. The van der Waals surface area contributed by atoms with Gasteiger partial charge in [0.2, 0.25) is 0 Å². The largest absolute Gasteiger partial charge is 0.326 e. The molecule has 18 heavy (non-hydrogen) atoms. The standard InChI is InChI=1S/C16H32N2/c1-3-5-13-8-9-15(17)16(11-13)18(10-4-2)12-14-6-7-14/h13-16H,3-12,17H2,1-2H3. The fraction of sp³-hybridized carbons (Fsp3) is 1.00. The fourth-order valence-corrected chi connectivity index (χ4v) is 3.66. The number of rotatable bonds is 7. The van der Waals surface area contributed by atoms with E-state index in [1.54, 1.807) is 0 Å². The third kappa shape index (κ3) is 3.96. The zero-order valence-electron chi connectivity index (χ0n) is 12.4. The molecule has 3 atom stereocenters. The molecule has 2 rings (SSSR count). The van der Waals surface area contributed by atoms with Crippen molar-refractivity contribution in [1.29, 1.82) is 0 Å². The summed E-state index contributed by atoms with van der Waals surface area (Å²) in [6, 6.07) is 1.11. The van der Waals surface area contributed by atoms with Crippen LogP contribution in [0.4, 0.5) is 0 Å². The molecular weight excluding hydrogens is 220 g/mol. The molecular formula is C16H32N2. The highest BCUT2D eigenvalue weighted by molar-refractivity contribution is 4.91. The zero-order chi connectivity index (χ0) is 13.0. The maximum absolute atomic E-state index is 6.42. The Morgan fingerprint density at radius 2 is 1.72 bits per heavy atom. The molecule has 0 saturated heterocycles. The first-order valence-corrected chi connectivity index (χ1v) is 8.24. The highest BCUT2D eigenvalue weighted by Crippen LogP contribution is 2.34. The molecule has 0 radical (unpaired) electrons. The monoisotopic (exact) mass is 252 g/mol. The molecule has 2 saturated carbocycles. The maximum Gasteiger partial charge on any atom is 0.0249 e. The molecule has 0 heterocycles. The van der Waals surface area contributed by atoms with Crippen molar-refractivity contribution in [2.45, 2.75) is 77.3 Å². The minimum Gasteiger partial charge on any atom is -0.326 e. The van der Waals surface area contributed by atoms with E-state index < -0.39 is 0 Å². The van der Waals surface area contributed by atoms with Crippen molar-refractivity contribution in [2.75, 3.05) is 13.1 Å².